The maximum atomic E-state index is 11.9. The first-order valence-corrected chi connectivity index (χ1v) is 9.61. The molecule has 0 unspecified atom stereocenters. The lowest BCUT2D eigenvalue weighted by atomic mass is 9.96. The Kier molecular flexibility index (Phi) is 5.39. The fraction of sp³-hybridized carbons (Fsp3) is 0.562. The van der Waals surface area contributed by atoms with Gasteiger partial charge in [-0.25, -0.2) is 8.42 Å². The van der Waals surface area contributed by atoms with E-state index in [0.29, 0.717) is 17.0 Å². The first-order valence-electron chi connectivity index (χ1n) is 7.76. The molecule has 1 aromatic carbocycles. The summed E-state index contributed by atoms with van der Waals surface area (Å²) in [5.74, 6) is 1.31. The second-order valence-corrected chi connectivity index (χ2v) is 8.53. The highest BCUT2D eigenvalue weighted by Crippen LogP contribution is 2.33. The summed E-state index contributed by atoms with van der Waals surface area (Å²) in [5.41, 5.74) is 0.144. The number of rotatable bonds is 7. The first-order chi connectivity index (χ1) is 11.1. The smallest absolute Gasteiger partial charge is 0.232 e. The van der Waals surface area contributed by atoms with Gasteiger partial charge in [-0.05, 0) is 26.0 Å². The minimum absolute atomic E-state index is 0.262. The Balaban J connectivity index is 2.37. The summed E-state index contributed by atoms with van der Waals surface area (Å²) in [4.78, 5) is 4.28. The topological polar surface area (TPSA) is 91.2 Å². The molecule has 1 heterocycles. The SMILES string of the molecule is CN(c1cccc(OCC2=NCCN2)c1CC(C)(C)O)S(C)(=O)=O. The van der Waals surface area contributed by atoms with Crippen molar-refractivity contribution in [1.29, 1.82) is 0 Å². The molecule has 0 aliphatic carbocycles. The fourth-order valence-corrected chi connectivity index (χ4v) is 2.99. The van der Waals surface area contributed by atoms with Crippen LogP contribution in [-0.4, -0.2) is 58.0 Å². The number of hydrogen-bond donors (Lipinski definition) is 2. The average Bonchev–Trinajstić information content (AvgIpc) is 2.96. The standard InChI is InChI=1S/C16H25N3O4S/c1-16(2,20)10-12-13(19(3)24(4,21)22)6-5-7-14(12)23-11-15-17-8-9-18-15/h5-7,20H,8-11H2,1-4H3,(H,17,18). The third kappa shape index (κ3) is 4.85. The third-order valence-corrected chi connectivity index (χ3v) is 4.85. The zero-order valence-corrected chi connectivity index (χ0v) is 15.4. The number of nitrogens with one attached hydrogen (secondary N) is 1. The summed E-state index contributed by atoms with van der Waals surface area (Å²) < 4.78 is 30.9. The van der Waals surface area contributed by atoms with Crippen LogP contribution in [0.1, 0.15) is 19.4 Å². The highest BCUT2D eigenvalue weighted by molar-refractivity contribution is 7.92. The van der Waals surface area contributed by atoms with Crippen molar-refractivity contribution in [1.82, 2.24) is 5.32 Å². The minimum atomic E-state index is -3.42. The summed E-state index contributed by atoms with van der Waals surface area (Å²) in [5, 5.41) is 13.4. The van der Waals surface area contributed by atoms with E-state index in [4.69, 9.17) is 4.74 Å². The quantitative estimate of drug-likeness (QED) is 0.754. The van der Waals surface area contributed by atoms with Gasteiger partial charge in [-0.15, -0.1) is 0 Å². The number of hydrogen-bond acceptors (Lipinski definition) is 6. The molecule has 2 rings (SSSR count). The maximum Gasteiger partial charge on any atom is 0.232 e. The fourth-order valence-electron chi connectivity index (χ4n) is 2.46. The van der Waals surface area contributed by atoms with Crippen LogP contribution >= 0.6 is 0 Å². The lowest BCUT2D eigenvalue weighted by Crippen LogP contribution is -2.29. The van der Waals surface area contributed by atoms with E-state index in [-0.39, 0.29) is 13.0 Å². The Bertz CT molecular complexity index is 723. The molecule has 0 spiro atoms. The Morgan fingerprint density at radius 3 is 2.67 bits per heavy atom. The van der Waals surface area contributed by atoms with Crippen molar-refractivity contribution in [2.45, 2.75) is 25.9 Å². The number of amidine groups is 1. The summed E-state index contributed by atoms with van der Waals surface area (Å²) in [6, 6.07) is 5.22. The first kappa shape index (κ1) is 18.5. The summed E-state index contributed by atoms with van der Waals surface area (Å²) in [6.45, 7) is 5.16. The molecule has 1 aromatic rings. The van der Waals surface area contributed by atoms with Gasteiger partial charge in [0.05, 0.1) is 24.1 Å². The molecule has 2 N–H and O–H groups in total. The second-order valence-electron chi connectivity index (χ2n) is 6.52. The predicted molar refractivity (Wildman–Crippen MR) is 95.5 cm³/mol. The molecule has 0 saturated carbocycles. The van der Waals surface area contributed by atoms with Crippen LogP contribution in [-0.2, 0) is 16.4 Å². The molecule has 1 aliphatic heterocycles. The van der Waals surface area contributed by atoms with Crippen LogP contribution < -0.4 is 14.4 Å². The highest BCUT2D eigenvalue weighted by Gasteiger charge is 2.24. The van der Waals surface area contributed by atoms with E-state index in [1.54, 1.807) is 32.0 Å². The van der Waals surface area contributed by atoms with Gasteiger partial charge >= 0.3 is 0 Å². The van der Waals surface area contributed by atoms with Crippen molar-refractivity contribution in [2.75, 3.05) is 37.3 Å². The number of sulfonamides is 1. The lowest BCUT2D eigenvalue weighted by molar-refractivity contribution is 0.0803. The molecule has 24 heavy (non-hydrogen) atoms. The molecule has 7 nitrogen and oxygen atoms in total. The molecule has 0 aromatic heterocycles. The van der Waals surface area contributed by atoms with E-state index in [9.17, 15) is 13.5 Å². The largest absolute Gasteiger partial charge is 0.485 e. The summed E-state index contributed by atoms with van der Waals surface area (Å²) >= 11 is 0. The number of ether oxygens (including phenoxy) is 1. The normalized spacial score (nSPS) is 15.0. The van der Waals surface area contributed by atoms with Crippen LogP contribution in [0.3, 0.4) is 0 Å². The summed E-state index contributed by atoms with van der Waals surface area (Å²) in [7, 11) is -1.93. The Labute approximate surface area is 143 Å². The van der Waals surface area contributed by atoms with E-state index in [2.05, 4.69) is 10.3 Å². The number of aliphatic hydroxyl groups is 1. The molecular weight excluding hydrogens is 330 g/mol. The van der Waals surface area contributed by atoms with E-state index >= 15 is 0 Å². The molecule has 1 aliphatic rings. The van der Waals surface area contributed by atoms with Crippen LogP contribution in [0.2, 0.25) is 0 Å². The van der Waals surface area contributed by atoms with Gasteiger partial charge in [0.15, 0.2) is 0 Å². The zero-order chi connectivity index (χ0) is 18.0. The highest BCUT2D eigenvalue weighted by atomic mass is 32.2. The Hall–Kier alpha value is -1.80. The number of benzene rings is 1. The van der Waals surface area contributed by atoms with E-state index < -0.39 is 15.6 Å². The maximum absolute atomic E-state index is 11.9. The van der Waals surface area contributed by atoms with Crippen LogP contribution in [0.4, 0.5) is 5.69 Å². The van der Waals surface area contributed by atoms with Crippen LogP contribution in [0.5, 0.6) is 5.75 Å². The van der Waals surface area contributed by atoms with Gasteiger partial charge in [0, 0.05) is 25.6 Å². The number of nitrogens with zero attached hydrogens (tertiary/aromatic N) is 2. The molecular formula is C16H25N3O4S. The molecule has 0 atom stereocenters. The number of aliphatic imine (C=N–C) groups is 1. The lowest BCUT2D eigenvalue weighted by Gasteiger charge is -2.26. The summed E-state index contributed by atoms with van der Waals surface area (Å²) in [6.07, 6.45) is 1.41. The van der Waals surface area contributed by atoms with Crippen LogP contribution in [0.25, 0.3) is 0 Å². The van der Waals surface area contributed by atoms with Gasteiger partial charge in [0.25, 0.3) is 0 Å². The molecule has 134 valence electrons. The van der Waals surface area contributed by atoms with Crippen LogP contribution in [0, 0.1) is 0 Å². The average molecular weight is 355 g/mol. The van der Waals surface area contributed by atoms with Gasteiger partial charge < -0.3 is 15.2 Å². The van der Waals surface area contributed by atoms with Gasteiger partial charge in [0.2, 0.25) is 10.0 Å². The van der Waals surface area contributed by atoms with Crippen molar-refractivity contribution in [3.05, 3.63) is 23.8 Å². The molecule has 0 bridgehead atoms. The van der Waals surface area contributed by atoms with Crippen molar-refractivity contribution in [2.24, 2.45) is 4.99 Å². The zero-order valence-electron chi connectivity index (χ0n) is 14.5. The number of anilines is 1. The van der Waals surface area contributed by atoms with Crippen molar-refractivity contribution in [3.8, 4) is 5.75 Å². The van der Waals surface area contributed by atoms with E-state index in [0.717, 1.165) is 25.2 Å². The molecule has 0 radical (unpaired) electrons. The van der Waals surface area contributed by atoms with Crippen molar-refractivity contribution >= 4 is 21.5 Å². The minimum Gasteiger partial charge on any atom is -0.485 e. The van der Waals surface area contributed by atoms with Gasteiger partial charge in [-0.2, -0.15) is 0 Å². The van der Waals surface area contributed by atoms with Gasteiger partial charge in [-0.3, -0.25) is 9.30 Å². The van der Waals surface area contributed by atoms with Gasteiger partial charge in [-0.1, -0.05) is 6.07 Å². The van der Waals surface area contributed by atoms with E-state index in [1.165, 1.54) is 11.4 Å². The Morgan fingerprint density at radius 1 is 1.42 bits per heavy atom. The van der Waals surface area contributed by atoms with Crippen molar-refractivity contribution in [3.63, 3.8) is 0 Å². The molecule has 0 saturated heterocycles. The monoisotopic (exact) mass is 355 g/mol. The van der Waals surface area contributed by atoms with Crippen molar-refractivity contribution < 1.29 is 18.3 Å². The van der Waals surface area contributed by atoms with Gasteiger partial charge in [0.1, 0.15) is 18.2 Å². The van der Waals surface area contributed by atoms with Crippen LogP contribution in [0.15, 0.2) is 23.2 Å². The molecule has 0 fully saturated rings. The van der Waals surface area contributed by atoms with E-state index in [1.807, 2.05) is 0 Å². The second kappa shape index (κ2) is 6.98. The molecule has 0 amide bonds. The third-order valence-electron chi connectivity index (χ3n) is 3.66. The predicted octanol–water partition coefficient (Wildman–Crippen LogP) is 0.776. The Morgan fingerprint density at radius 2 is 2.12 bits per heavy atom. The molecule has 8 heteroatoms.